The molecule has 0 aliphatic rings. The molecule has 0 saturated heterocycles. The van der Waals surface area contributed by atoms with Gasteiger partial charge in [-0.2, -0.15) is 0 Å². The summed E-state index contributed by atoms with van der Waals surface area (Å²) in [5.74, 6) is 0.500. The number of benzene rings is 2. The van der Waals surface area contributed by atoms with Crippen LogP contribution in [0.15, 0.2) is 36.4 Å². The highest BCUT2D eigenvalue weighted by atomic mass is 16.5. The molecule has 4 nitrogen and oxygen atoms in total. The first-order valence-corrected chi connectivity index (χ1v) is 6.73. The summed E-state index contributed by atoms with van der Waals surface area (Å²) in [6.07, 6.45) is 0. The molecule has 0 saturated carbocycles. The number of hydrogen-bond donors (Lipinski definition) is 1. The summed E-state index contributed by atoms with van der Waals surface area (Å²) < 4.78 is 5.10. The molecule has 0 aromatic heterocycles. The average molecular weight is 284 g/mol. The first-order chi connectivity index (χ1) is 9.93. The number of hydrogen-bond acceptors (Lipinski definition) is 3. The van der Waals surface area contributed by atoms with Crippen LogP contribution in [0.2, 0.25) is 0 Å². The number of methoxy groups -OCH3 is 1. The summed E-state index contributed by atoms with van der Waals surface area (Å²) in [5, 5.41) is 0. The van der Waals surface area contributed by atoms with Crippen LogP contribution in [0, 0.1) is 13.8 Å². The van der Waals surface area contributed by atoms with Gasteiger partial charge in [0.1, 0.15) is 5.75 Å². The molecule has 2 aromatic rings. The second-order valence-electron chi connectivity index (χ2n) is 5.11. The Bertz CT molecular complexity index is 680. The topological polar surface area (TPSA) is 55.6 Å². The molecule has 2 rings (SSSR count). The average Bonchev–Trinajstić information content (AvgIpc) is 2.45. The lowest BCUT2D eigenvalue weighted by atomic mass is 10.1. The lowest BCUT2D eigenvalue weighted by Crippen LogP contribution is -2.27. The van der Waals surface area contributed by atoms with Gasteiger partial charge >= 0.3 is 0 Å². The normalized spacial score (nSPS) is 10.3. The number of nitrogen functional groups attached to an aromatic ring is 1. The quantitative estimate of drug-likeness (QED) is 0.881. The van der Waals surface area contributed by atoms with E-state index in [9.17, 15) is 4.79 Å². The van der Waals surface area contributed by atoms with Gasteiger partial charge in [0, 0.05) is 24.5 Å². The Balaban J connectivity index is 2.35. The van der Waals surface area contributed by atoms with Crippen molar-refractivity contribution >= 4 is 17.3 Å². The van der Waals surface area contributed by atoms with Gasteiger partial charge in [-0.05, 0) is 37.6 Å². The maximum absolute atomic E-state index is 12.6. The van der Waals surface area contributed by atoms with Gasteiger partial charge in [-0.25, -0.2) is 0 Å². The molecule has 0 radical (unpaired) electrons. The van der Waals surface area contributed by atoms with Gasteiger partial charge in [-0.3, -0.25) is 4.79 Å². The first-order valence-electron chi connectivity index (χ1n) is 6.73. The van der Waals surface area contributed by atoms with Crippen LogP contribution in [0.5, 0.6) is 5.75 Å². The molecule has 0 aliphatic carbocycles. The maximum atomic E-state index is 12.6. The minimum Gasteiger partial charge on any atom is -0.497 e. The number of rotatable bonds is 3. The number of carbonyl (C=O) groups is 1. The first kappa shape index (κ1) is 14.9. The monoisotopic (exact) mass is 284 g/mol. The molecule has 0 bridgehead atoms. The van der Waals surface area contributed by atoms with E-state index in [1.807, 2.05) is 26.0 Å². The molecule has 0 unspecified atom stereocenters. The van der Waals surface area contributed by atoms with E-state index in [0.29, 0.717) is 17.0 Å². The number of nitrogens with two attached hydrogens (primary N) is 1. The molecule has 0 fully saturated rings. The molecule has 2 aromatic carbocycles. The molecular formula is C17H20N2O2. The third kappa shape index (κ3) is 2.99. The van der Waals surface area contributed by atoms with Crippen LogP contribution in [0.3, 0.4) is 0 Å². The van der Waals surface area contributed by atoms with Crippen molar-refractivity contribution in [2.45, 2.75) is 13.8 Å². The number of anilines is 2. The zero-order valence-corrected chi connectivity index (χ0v) is 12.8. The Labute approximate surface area is 125 Å². The number of ether oxygens (including phenoxy) is 1. The summed E-state index contributed by atoms with van der Waals surface area (Å²) in [5.41, 5.74) is 9.93. The van der Waals surface area contributed by atoms with Gasteiger partial charge in [0.05, 0.1) is 12.7 Å². The van der Waals surface area contributed by atoms with Crippen LogP contribution in [0.4, 0.5) is 11.4 Å². The Morgan fingerprint density at radius 3 is 2.43 bits per heavy atom. The highest BCUT2D eigenvalue weighted by molar-refractivity contribution is 6.09. The number of aryl methyl sites for hydroxylation is 2. The van der Waals surface area contributed by atoms with Crippen LogP contribution >= 0.6 is 0 Å². The van der Waals surface area contributed by atoms with Gasteiger partial charge in [0.15, 0.2) is 0 Å². The molecule has 1 amide bonds. The van der Waals surface area contributed by atoms with E-state index in [-0.39, 0.29) is 5.91 Å². The van der Waals surface area contributed by atoms with E-state index in [1.54, 1.807) is 37.3 Å². The van der Waals surface area contributed by atoms with Crippen LogP contribution < -0.4 is 15.4 Å². The SMILES string of the molecule is COc1ccc(C(=O)N(C)c2ccc(C)cc2C)c(N)c1. The van der Waals surface area contributed by atoms with Crippen molar-refractivity contribution in [1.29, 1.82) is 0 Å². The van der Waals surface area contributed by atoms with E-state index in [4.69, 9.17) is 10.5 Å². The minimum absolute atomic E-state index is 0.137. The molecule has 0 aliphatic heterocycles. The van der Waals surface area contributed by atoms with Crippen molar-refractivity contribution in [2.24, 2.45) is 0 Å². The Hall–Kier alpha value is -2.49. The number of amides is 1. The second-order valence-corrected chi connectivity index (χ2v) is 5.11. The molecule has 0 spiro atoms. The molecule has 110 valence electrons. The molecule has 4 heteroatoms. The standard InChI is InChI=1S/C17H20N2O2/c1-11-5-8-16(12(2)9-11)19(3)17(20)14-7-6-13(21-4)10-15(14)18/h5-10H,18H2,1-4H3. The van der Waals surface area contributed by atoms with Gasteiger partial charge in [0.2, 0.25) is 0 Å². The van der Waals surface area contributed by atoms with Gasteiger partial charge in [-0.1, -0.05) is 17.7 Å². The summed E-state index contributed by atoms with van der Waals surface area (Å²) in [7, 11) is 3.32. The lowest BCUT2D eigenvalue weighted by molar-refractivity contribution is 0.0993. The fourth-order valence-electron chi connectivity index (χ4n) is 2.33. The van der Waals surface area contributed by atoms with Crippen LogP contribution in [0.25, 0.3) is 0 Å². The van der Waals surface area contributed by atoms with E-state index < -0.39 is 0 Å². The van der Waals surface area contributed by atoms with E-state index in [1.165, 1.54) is 5.56 Å². The minimum atomic E-state index is -0.137. The Morgan fingerprint density at radius 2 is 1.86 bits per heavy atom. The zero-order valence-electron chi connectivity index (χ0n) is 12.8. The molecule has 21 heavy (non-hydrogen) atoms. The van der Waals surface area contributed by atoms with Crippen molar-refractivity contribution in [3.8, 4) is 5.75 Å². The smallest absolute Gasteiger partial charge is 0.260 e. The summed E-state index contributed by atoms with van der Waals surface area (Å²) in [4.78, 5) is 14.2. The van der Waals surface area contributed by atoms with Crippen molar-refractivity contribution in [1.82, 2.24) is 0 Å². The maximum Gasteiger partial charge on any atom is 0.260 e. The fraction of sp³-hybridized carbons (Fsp3) is 0.235. The number of carbonyl (C=O) groups excluding carboxylic acids is 1. The van der Waals surface area contributed by atoms with Crippen LogP contribution in [-0.2, 0) is 0 Å². The Kier molecular flexibility index (Phi) is 4.17. The summed E-state index contributed by atoms with van der Waals surface area (Å²) in [6.45, 7) is 4.02. The molecule has 2 N–H and O–H groups in total. The summed E-state index contributed by atoms with van der Waals surface area (Å²) >= 11 is 0. The number of nitrogens with zero attached hydrogens (tertiary/aromatic N) is 1. The summed E-state index contributed by atoms with van der Waals surface area (Å²) in [6, 6.07) is 11.1. The predicted octanol–water partition coefficient (Wildman–Crippen LogP) is 3.17. The fourth-order valence-corrected chi connectivity index (χ4v) is 2.33. The zero-order chi connectivity index (χ0) is 15.6. The highest BCUT2D eigenvalue weighted by Gasteiger charge is 2.18. The van der Waals surface area contributed by atoms with Gasteiger partial charge in [-0.15, -0.1) is 0 Å². The van der Waals surface area contributed by atoms with Crippen molar-refractivity contribution in [3.63, 3.8) is 0 Å². The third-order valence-corrected chi connectivity index (χ3v) is 3.51. The van der Waals surface area contributed by atoms with E-state index in [2.05, 4.69) is 6.07 Å². The van der Waals surface area contributed by atoms with Crippen LogP contribution in [-0.4, -0.2) is 20.1 Å². The Morgan fingerprint density at radius 1 is 1.14 bits per heavy atom. The predicted molar refractivity (Wildman–Crippen MR) is 86.1 cm³/mol. The second kappa shape index (κ2) is 5.87. The van der Waals surface area contributed by atoms with Crippen molar-refractivity contribution in [3.05, 3.63) is 53.1 Å². The largest absolute Gasteiger partial charge is 0.497 e. The lowest BCUT2D eigenvalue weighted by Gasteiger charge is -2.21. The highest BCUT2D eigenvalue weighted by Crippen LogP contribution is 2.25. The van der Waals surface area contributed by atoms with Crippen molar-refractivity contribution < 1.29 is 9.53 Å². The molecule has 0 atom stereocenters. The van der Waals surface area contributed by atoms with Gasteiger partial charge in [0.25, 0.3) is 5.91 Å². The van der Waals surface area contributed by atoms with E-state index >= 15 is 0 Å². The van der Waals surface area contributed by atoms with E-state index in [0.717, 1.165) is 11.3 Å². The van der Waals surface area contributed by atoms with Crippen LogP contribution in [0.1, 0.15) is 21.5 Å². The third-order valence-electron chi connectivity index (χ3n) is 3.51. The molecular weight excluding hydrogens is 264 g/mol. The van der Waals surface area contributed by atoms with Gasteiger partial charge < -0.3 is 15.4 Å². The molecule has 0 heterocycles. The van der Waals surface area contributed by atoms with Crippen molar-refractivity contribution in [2.75, 3.05) is 24.8 Å².